The van der Waals surface area contributed by atoms with Crippen molar-refractivity contribution in [1.29, 1.82) is 0 Å². The molecule has 0 saturated heterocycles. The smallest absolute Gasteiger partial charge is 0.320 e. The number of hydrogen-bond donors (Lipinski definition) is 2. The number of aliphatic carboxylic acids is 1. The Morgan fingerprint density at radius 2 is 1.33 bits per heavy atom. The molecule has 1 atom stereocenters. The molecule has 2 aromatic rings. The second-order valence-corrected chi connectivity index (χ2v) is 7.84. The lowest BCUT2D eigenvalue weighted by Gasteiger charge is -2.07. The molecule has 0 amide bonds. The van der Waals surface area contributed by atoms with E-state index in [2.05, 4.69) is 61.9 Å². The highest BCUT2D eigenvalue weighted by Crippen LogP contribution is 2.20. The third kappa shape index (κ3) is 8.57. The molecule has 0 saturated carbocycles. The van der Waals surface area contributed by atoms with Crippen molar-refractivity contribution in [2.75, 3.05) is 7.05 Å². The molecule has 0 radical (unpaired) electrons. The van der Waals surface area contributed by atoms with Gasteiger partial charge in [-0.2, -0.15) is 0 Å². The lowest BCUT2D eigenvalue weighted by Crippen LogP contribution is -2.34. The van der Waals surface area contributed by atoms with Crippen LogP contribution < -0.4 is 5.73 Å². The number of hydrogen-bond acceptors (Lipinski definition) is 4. The zero-order valence-electron chi connectivity index (χ0n) is 19.0. The number of benzene rings is 2. The fraction of sp³-hybridized carbons (Fsp3) is 0.375. The highest BCUT2D eigenvalue weighted by molar-refractivity contribution is 5.78. The Morgan fingerprint density at radius 3 is 1.60 bits per heavy atom. The largest absolute Gasteiger partial charge is 0.480 e. The van der Waals surface area contributed by atoms with Gasteiger partial charge in [0.05, 0.1) is 24.1 Å². The second-order valence-electron chi connectivity index (χ2n) is 7.84. The standard InChI is InChI=1S/C19H23N3.C5H11NO2/c1-14-6-8-18(16(3)10-14)20-12-22(5)13-21-19-9-7-15(2)11-17(19)4;1-3(2)4(6)5(7)8/h6-13H,1-5H3;3-4H,6H2,1-2H3,(H,7,8)/t;4-/m.0/s1. The summed E-state index contributed by atoms with van der Waals surface area (Å²) in [5.41, 5.74) is 12.0. The summed E-state index contributed by atoms with van der Waals surface area (Å²) in [5, 5.41) is 8.23. The second kappa shape index (κ2) is 11.9. The first kappa shape index (κ1) is 25.0. The van der Waals surface area contributed by atoms with Crippen LogP contribution in [0.3, 0.4) is 0 Å². The topological polar surface area (TPSA) is 91.3 Å². The number of carbonyl (C=O) groups is 1. The molecular weight excluding hydrogens is 376 g/mol. The summed E-state index contributed by atoms with van der Waals surface area (Å²) >= 11 is 0. The van der Waals surface area contributed by atoms with Crippen LogP contribution in [0.2, 0.25) is 0 Å². The van der Waals surface area contributed by atoms with Crippen LogP contribution >= 0.6 is 0 Å². The number of rotatable bonds is 6. The normalized spacial score (nSPS) is 12.2. The van der Waals surface area contributed by atoms with Crippen LogP contribution in [0.4, 0.5) is 11.4 Å². The molecule has 6 nitrogen and oxygen atoms in total. The first-order valence-corrected chi connectivity index (χ1v) is 9.94. The predicted molar refractivity (Wildman–Crippen MR) is 126 cm³/mol. The molecule has 3 N–H and O–H groups in total. The van der Waals surface area contributed by atoms with Crippen LogP contribution in [0.25, 0.3) is 0 Å². The maximum Gasteiger partial charge on any atom is 0.320 e. The van der Waals surface area contributed by atoms with Gasteiger partial charge in [-0.1, -0.05) is 49.2 Å². The molecule has 0 aliphatic carbocycles. The van der Waals surface area contributed by atoms with Gasteiger partial charge >= 0.3 is 5.97 Å². The van der Waals surface area contributed by atoms with Gasteiger partial charge in [-0.25, -0.2) is 9.98 Å². The molecule has 0 fully saturated rings. The van der Waals surface area contributed by atoms with E-state index in [9.17, 15) is 4.79 Å². The first-order valence-electron chi connectivity index (χ1n) is 9.94. The molecule has 0 heterocycles. The SMILES string of the molecule is CC(C)[C@H](N)C(=O)O.Cc1ccc(N=CN(C)C=Nc2ccc(C)cc2C)c(C)c1. The van der Waals surface area contributed by atoms with Crippen molar-refractivity contribution < 1.29 is 9.90 Å². The van der Waals surface area contributed by atoms with E-state index in [4.69, 9.17) is 10.8 Å². The Balaban J connectivity index is 0.000000479. The third-order valence-corrected chi connectivity index (χ3v) is 4.47. The predicted octanol–water partition coefficient (Wildman–Crippen LogP) is 4.93. The number of aryl methyl sites for hydroxylation is 4. The third-order valence-electron chi connectivity index (χ3n) is 4.47. The van der Waals surface area contributed by atoms with E-state index in [1.807, 2.05) is 24.1 Å². The van der Waals surface area contributed by atoms with E-state index < -0.39 is 12.0 Å². The number of carboxylic acid groups (broad SMARTS) is 1. The van der Waals surface area contributed by atoms with Crippen molar-refractivity contribution in [1.82, 2.24) is 4.90 Å². The Hall–Kier alpha value is -2.99. The van der Waals surface area contributed by atoms with Gasteiger partial charge in [-0.05, 0) is 56.9 Å². The number of nitrogens with two attached hydrogens (primary N) is 1. The maximum atomic E-state index is 10.0. The molecule has 0 bridgehead atoms. The van der Waals surface area contributed by atoms with E-state index in [1.165, 1.54) is 22.3 Å². The summed E-state index contributed by atoms with van der Waals surface area (Å²) in [6.45, 7) is 11.9. The average molecular weight is 411 g/mol. The zero-order chi connectivity index (χ0) is 22.8. The molecule has 30 heavy (non-hydrogen) atoms. The Morgan fingerprint density at radius 1 is 0.933 bits per heavy atom. The van der Waals surface area contributed by atoms with E-state index in [-0.39, 0.29) is 5.92 Å². The molecule has 0 unspecified atom stereocenters. The van der Waals surface area contributed by atoms with Crippen LogP contribution in [0.15, 0.2) is 46.4 Å². The number of aliphatic imine (C=N–C) groups is 2. The monoisotopic (exact) mass is 410 g/mol. The average Bonchev–Trinajstić information content (AvgIpc) is 2.66. The Kier molecular flexibility index (Phi) is 9.92. The van der Waals surface area contributed by atoms with Gasteiger partial charge in [0.1, 0.15) is 6.04 Å². The van der Waals surface area contributed by atoms with Gasteiger partial charge < -0.3 is 15.7 Å². The highest BCUT2D eigenvalue weighted by atomic mass is 16.4. The van der Waals surface area contributed by atoms with Crippen molar-refractivity contribution in [3.05, 3.63) is 58.7 Å². The van der Waals surface area contributed by atoms with E-state index >= 15 is 0 Å². The summed E-state index contributed by atoms with van der Waals surface area (Å²) in [6.07, 6.45) is 3.56. The van der Waals surface area contributed by atoms with Crippen LogP contribution in [0.5, 0.6) is 0 Å². The molecule has 6 heteroatoms. The molecule has 0 spiro atoms. The van der Waals surface area contributed by atoms with Crippen molar-refractivity contribution in [2.45, 2.75) is 47.6 Å². The van der Waals surface area contributed by atoms with Gasteiger partial charge in [0.2, 0.25) is 0 Å². The molecule has 2 rings (SSSR count). The zero-order valence-corrected chi connectivity index (χ0v) is 19.0. The van der Waals surface area contributed by atoms with Gasteiger partial charge in [0, 0.05) is 7.05 Å². The quantitative estimate of drug-likeness (QED) is 0.522. The summed E-state index contributed by atoms with van der Waals surface area (Å²) in [7, 11) is 1.93. The molecule has 0 aliphatic rings. The fourth-order valence-corrected chi connectivity index (χ4v) is 2.52. The molecule has 162 valence electrons. The van der Waals surface area contributed by atoms with Crippen LogP contribution in [0.1, 0.15) is 36.1 Å². The fourth-order valence-electron chi connectivity index (χ4n) is 2.52. The van der Waals surface area contributed by atoms with Crippen molar-refractivity contribution >= 4 is 30.0 Å². The van der Waals surface area contributed by atoms with E-state index in [0.717, 1.165) is 11.4 Å². The lowest BCUT2D eigenvalue weighted by molar-refractivity contribution is -0.139. The number of nitrogens with zero attached hydrogens (tertiary/aromatic N) is 3. The maximum absolute atomic E-state index is 10.0. The Labute approximate surface area is 180 Å². The van der Waals surface area contributed by atoms with Crippen LogP contribution in [-0.2, 0) is 4.79 Å². The van der Waals surface area contributed by atoms with E-state index in [0.29, 0.717) is 0 Å². The van der Waals surface area contributed by atoms with Crippen LogP contribution in [0, 0.1) is 33.6 Å². The van der Waals surface area contributed by atoms with Gasteiger partial charge in [-0.3, -0.25) is 4.79 Å². The first-order chi connectivity index (χ1) is 14.0. The Bertz CT molecular complexity index is 843. The number of carboxylic acids is 1. The minimum atomic E-state index is -0.931. The van der Waals surface area contributed by atoms with Crippen molar-refractivity contribution in [3.63, 3.8) is 0 Å². The summed E-state index contributed by atoms with van der Waals surface area (Å²) < 4.78 is 0. The molecular formula is C24H34N4O2. The highest BCUT2D eigenvalue weighted by Gasteiger charge is 2.14. The minimum absolute atomic E-state index is 0.0208. The molecule has 0 aromatic heterocycles. The minimum Gasteiger partial charge on any atom is -0.480 e. The van der Waals surface area contributed by atoms with Crippen molar-refractivity contribution in [2.24, 2.45) is 21.6 Å². The van der Waals surface area contributed by atoms with Gasteiger partial charge in [-0.15, -0.1) is 0 Å². The van der Waals surface area contributed by atoms with Gasteiger partial charge in [0.25, 0.3) is 0 Å². The lowest BCUT2D eigenvalue weighted by atomic mass is 10.1. The van der Waals surface area contributed by atoms with Gasteiger partial charge in [0.15, 0.2) is 0 Å². The van der Waals surface area contributed by atoms with Crippen LogP contribution in [-0.4, -0.2) is 41.7 Å². The molecule has 2 aromatic carbocycles. The summed E-state index contributed by atoms with van der Waals surface area (Å²) in [6, 6.07) is 11.8. The molecule has 0 aliphatic heterocycles. The van der Waals surface area contributed by atoms with Crippen molar-refractivity contribution in [3.8, 4) is 0 Å². The summed E-state index contributed by atoms with van der Waals surface area (Å²) in [5.74, 6) is -0.910. The van der Waals surface area contributed by atoms with E-state index in [1.54, 1.807) is 26.5 Å². The summed E-state index contributed by atoms with van der Waals surface area (Å²) in [4.78, 5) is 20.9.